The number of hydrogen-bond acceptors (Lipinski definition) is 25. The maximum atomic E-state index is 14.1. The number of aryl methyl sites for hydroxylation is 6. The molecular formula is C82H110ClN23O17. The Labute approximate surface area is 716 Å². The summed E-state index contributed by atoms with van der Waals surface area (Å²) in [5, 5.41) is 31.0. The van der Waals surface area contributed by atoms with Gasteiger partial charge in [-0.05, 0) is 81.2 Å². The summed E-state index contributed by atoms with van der Waals surface area (Å²) in [5.74, 6) is -0.899. The Morgan fingerprint density at radius 3 is 1.52 bits per heavy atom. The van der Waals surface area contributed by atoms with Crippen LogP contribution in [0.2, 0.25) is 5.02 Å². The number of anilines is 4. The Morgan fingerprint density at radius 2 is 0.992 bits per heavy atom. The van der Waals surface area contributed by atoms with Crippen LogP contribution in [0.4, 0.5) is 23.0 Å². The lowest BCUT2D eigenvalue weighted by Crippen LogP contribution is -2.50. The SMILES string of the molecule is COc1ccc2c(c1)C(c1ccc(Cl)cc1)=N[C@@H](CC(=O)N1CCN(CC3CCN(CCOCCOCCOCCOCCOCCOCCOCCNC(=O)CCNC(=O)c4nc(NC(=O)CCNC(=O)c5cc(NC(=O)c6nc(NC(=O)CCNC(=O)c7cc(NC(=O)c8nccn8C)cn7C)cn6C)cn5C)cn4C)CC3)CC1)c1nnc(C)n1-2. The smallest absolute Gasteiger partial charge is 0.291 e. The van der Waals surface area contributed by atoms with E-state index in [0.717, 1.165) is 74.6 Å². The third-order valence-electron chi connectivity index (χ3n) is 20.5. The van der Waals surface area contributed by atoms with Crippen LogP contribution in [0.15, 0.2) is 96.8 Å². The number of methoxy groups -OCH3 is 1. The van der Waals surface area contributed by atoms with Gasteiger partial charge >= 0.3 is 0 Å². The van der Waals surface area contributed by atoms with E-state index in [1.807, 2.05) is 58.9 Å². The number of nitrogens with one attached hydrogen (secondary N) is 8. The average Bonchev–Trinajstić information content (AvgIpc) is 1.61. The summed E-state index contributed by atoms with van der Waals surface area (Å²) in [6, 6.07) is 15.9. The summed E-state index contributed by atoms with van der Waals surface area (Å²) >= 11 is 6.30. The number of halogens is 1. The molecular weight excluding hydrogens is 1610 g/mol. The van der Waals surface area contributed by atoms with Crippen molar-refractivity contribution < 1.29 is 81.0 Å². The molecule has 40 nitrogen and oxygen atoms in total. The molecule has 0 radical (unpaired) electrons. The van der Waals surface area contributed by atoms with E-state index in [9.17, 15) is 43.2 Å². The monoisotopic (exact) mass is 1720 g/mol. The van der Waals surface area contributed by atoms with Crippen LogP contribution in [-0.4, -0.2) is 304 Å². The molecule has 8 N–H and O–H groups in total. The minimum absolute atomic E-state index is 0.00135. The zero-order valence-corrected chi connectivity index (χ0v) is 71.2. The van der Waals surface area contributed by atoms with Crippen molar-refractivity contribution in [2.45, 2.75) is 51.5 Å². The molecule has 11 rings (SSSR count). The Hall–Kier alpha value is -11.6. The molecule has 2 saturated heterocycles. The molecule has 2 aromatic carbocycles. The van der Waals surface area contributed by atoms with Gasteiger partial charge in [-0.2, -0.15) is 0 Å². The Kier molecular flexibility index (Phi) is 34.9. The number of hydrogen-bond donors (Lipinski definition) is 8. The zero-order chi connectivity index (χ0) is 87.2. The van der Waals surface area contributed by atoms with Gasteiger partial charge in [0.25, 0.3) is 29.5 Å². The molecule has 9 heterocycles. The summed E-state index contributed by atoms with van der Waals surface area (Å²) in [7, 11) is 9.69. The molecule has 3 aliphatic rings. The molecule has 9 amide bonds. The summed E-state index contributed by atoms with van der Waals surface area (Å²) in [6.45, 7) is 15.2. The molecule has 41 heteroatoms. The quantitative estimate of drug-likeness (QED) is 0.0254. The molecule has 8 aromatic rings. The number of piperazine rings is 1. The van der Waals surface area contributed by atoms with Gasteiger partial charge in [0.1, 0.15) is 29.0 Å². The van der Waals surface area contributed by atoms with Gasteiger partial charge in [0.15, 0.2) is 23.3 Å². The van der Waals surface area contributed by atoms with E-state index in [0.29, 0.717) is 133 Å². The van der Waals surface area contributed by atoms with Crippen molar-refractivity contribution in [2.75, 3.05) is 199 Å². The van der Waals surface area contributed by atoms with Crippen LogP contribution in [0.3, 0.4) is 0 Å². The van der Waals surface area contributed by atoms with Gasteiger partial charge in [-0.25, -0.2) is 15.0 Å². The van der Waals surface area contributed by atoms with Gasteiger partial charge in [0.05, 0.1) is 129 Å². The summed E-state index contributed by atoms with van der Waals surface area (Å²) in [6.07, 6.45) is 11.3. The van der Waals surface area contributed by atoms with Crippen molar-refractivity contribution >= 4 is 93.5 Å². The number of amides is 9. The molecule has 3 aliphatic heterocycles. The number of piperidine rings is 1. The predicted octanol–water partition coefficient (Wildman–Crippen LogP) is 3.33. The number of carbonyl (C=O) groups excluding carboxylic acids is 9. The van der Waals surface area contributed by atoms with Crippen molar-refractivity contribution in [1.29, 1.82) is 0 Å². The second kappa shape index (κ2) is 46.6. The maximum absolute atomic E-state index is 14.1. The maximum Gasteiger partial charge on any atom is 0.291 e. The number of aromatic nitrogens is 11. The molecule has 662 valence electrons. The fourth-order valence-electron chi connectivity index (χ4n) is 14.1. The number of carbonyl (C=O) groups is 9. The lowest BCUT2D eigenvalue weighted by molar-refractivity contribution is -0.133. The second-order valence-electron chi connectivity index (χ2n) is 29.6. The second-order valence-corrected chi connectivity index (χ2v) is 30.0. The van der Waals surface area contributed by atoms with E-state index in [1.165, 1.54) is 55.2 Å². The standard InChI is InChI=1S/C82H110ClN23O17/c1-55-96-97-74-63(91-73(57-8-10-58(83)11-9-57)62-48-61(116-7)12-13-64(62)106(55)74)49-72(110)105-29-27-104(28-30-105)50-56-17-24-103(25-18-56)31-33-118-35-37-120-39-41-122-43-45-123-44-42-121-40-38-119-36-34-117-32-23-84-69(107)14-19-88-80(113)76-94-67(53-101(76)5)92-70(108)15-20-87-79(112)66-47-60(52-100(66)4)90-82(115)77-95-68(54-102(77)6)93-71(109)16-21-86-78(111)65-46-59(51-99(65)3)89-81(114)75-85-22-26-98(75)2/h8-13,22,26,46-48,51-54,56,63H,14-21,23-25,27-45,49-50H2,1-7H3,(H,84,107)(H,86,111)(H,87,112)(H,88,113)(H,89,114)(H,90,115)(H,92,108)(H,93,109)/t63-/m0/s1. The third kappa shape index (κ3) is 27.4. The van der Waals surface area contributed by atoms with E-state index in [4.69, 9.17) is 54.5 Å². The molecule has 0 saturated carbocycles. The highest BCUT2D eigenvalue weighted by atomic mass is 35.5. The fourth-order valence-corrected chi connectivity index (χ4v) is 14.2. The summed E-state index contributed by atoms with van der Waals surface area (Å²) in [5.41, 5.74) is 4.42. The van der Waals surface area contributed by atoms with Gasteiger partial charge in [0, 0.05) is 173 Å². The number of benzene rings is 2. The topological polar surface area (TPSA) is 440 Å². The normalized spacial score (nSPS) is 14.3. The highest BCUT2D eigenvalue weighted by Crippen LogP contribution is 2.35. The van der Waals surface area contributed by atoms with Crippen molar-refractivity contribution in [3.05, 3.63) is 148 Å². The third-order valence-corrected chi connectivity index (χ3v) is 20.8. The fraction of sp³-hybridized carbons (Fsp3) is 0.500. The minimum Gasteiger partial charge on any atom is -0.497 e. The first-order valence-electron chi connectivity index (χ1n) is 41.0. The van der Waals surface area contributed by atoms with E-state index >= 15 is 0 Å². The molecule has 2 fully saturated rings. The van der Waals surface area contributed by atoms with Crippen LogP contribution in [-0.2, 0) is 87.6 Å². The predicted molar refractivity (Wildman–Crippen MR) is 452 cm³/mol. The molecule has 0 bridgehead atoms. The van der Waals surface area contributed by atoms with Crippen LogP contribution in [0, 0.1) is 12.8 Å². The van der Waals surface area contributed by atoms with Crippen LogP contribution in [0.25, 0.3) is 5.69 Å². The number of rotatable bonds is 48. The first-order valence-corrected chi connectivity index (χ1v) is 41.3. The number of nitrogens with zero attached hydrogens (tertiary/aromatic N) is 15. The number of aliphatic imine (C=N–C) groups is 1. The largest absolute Gasteiger partial charge is 0.497 e. The first-order chi connectivity index (χ1) is 59.5. The molecule has 0 spiro atoms. The lowest BCUT2D eigenvalue weighted by Gasteiger charge is -2.39. The Bertz CT molecular complexity index is 4920. The van der Waals surface area contributed by atoms with Gasteiger partial charge in [-0.15, -0.1) is 10.2 Å². The van der Waals surface area contributed by atoms with E-state index in [-0.39, 0.29) is 116 Å². The van der Waals surface area contributed by atoms with E-state index < -0.39 is 47.4 Å². The van der Waals surface area contributed by atoms with Crippen molar-refractivity contribution in [1.82, 2.24) is 88.5 Å². The van der Waals surface area contributed by atoms with Gasteiger partial charge < -0.3 is 113 Å². The summed E-state index contributed by atoms with van der Waals surface area (Å²) in [4.78, 5) is 142. The average molecular weight is 1730 g/mol. The van der Waals surface area contributed by atoms with Crippen molar-refractivity contribution in [2.24, 2.45) is 46.1 Å². The number of likely N-dealkylation sites (tertiary alicyclic amines) is 1. The first kappa shape index (κ1) is 92.1. The van der Waals surface area contributed by atoms with Crippen molar-refractivity contribution in [3.63, 3.8) is 0 Å². The van der Waals surface area contributed by atoms with Crippen molar-refractivity contribution in [3.8, 4) is 11.4 Å². The van der Waals surface area contributed by atoms with Crippen LogP contribution >= 0.6 is 11.6 Å². The Balaban J connectivity index is 0.435. The number of ether oxygens (including phenoxy) is 8. The summed E-state index contributed by atoms with van der Waals surface area (Å²) < 4.78 is 54.5. The molecule has 6 aromatic heterocycles. The van der Waals surface area contributed by atoms with Gasteiger partial charge in [-0.1, -0.05) is 23.7 Å². The van der Waals surface area contributed by atoms with E-state index in [1.54, 1.807) is 59.3 Å². The zero-order valence-electron chi connectivity index (χ0n) is 70.5. The number of imidazole rings is 3. The minimum atomic E-state index is -0.638. The van der Waals surface area contributed by atoms with Crippen LogP contribution in [0.1, 0.15) is 120 Å². The Morgan fingerprint density at radius 1 is 0.488 bits per heavy atom. The van der Waals surface area contributed by atoms with Crippen LogP contribution in [0.5, 0.6) is 5.75 Å². The van der Waals surface area contributed by atoms with E-state index in [2.05, 4.69) is 77.5 Å². The lowest BCUT2D eigenvalue weighted by atomic mass is 9.96. The van der Waals surface area contributed by atoms with Gasteiger partial charge in [0.2, 0.25) is 35.3 Å². The number of fused-ring (bicyclic) bond motifs is 3. The molecule has 123 heavy (non-hydrogen) atoms. The van der Waals surface area contributed by atoms with Crippen LogP contribution < -0.4 is 47.3 Å². The van der Waals surface area contributed by atoms with Gasteiger partial charge in [-0.3, -0.25) is 57.6 Å². The highest BCUT2D eigenvalue weighted by molar-refractivity contribution is 6.30. The molecule has 0 aliphatic carbocycles. The molecule has 0 unspecified atom stereocenters. The highest BCUT2D eigenvalue weighted by Gasteiger charge is 2.34. The molecule has 1 atom stereocenters.